The predicted molar refractivity (Wildman–Crippen MR) is 121 cm³/mol. The van der Waals surface area contributed by atoms with E-state index in [1.165, 1.54) is 0 Å². The maximum atomic E-state index is 13.4. The van der Waals surface area contributed by atoms with E-state index in [1.54, 1.807) is 4.57 Å². The number of pyridine rings is 1. The van der Waals surface area contributed by atoms with E-state index in [-0.39, 0.29) is 5.69 Å². The minimum atomic E-state index is -0.0627. The number of nitrogens with zero attached hydrogens (tertiary/aromatic N) is 4. The molecule has 0 fully saturated rings. The van der Waals surface area contributed by atoms with Gasteiger partial charge in [-0.05, 0) is 50.5 Å². The Kier molecular flexibility index (Phi) is 5.43. The molecule has 29 heavy (non-hydrogen) atoms. The molecule has 0 unspecified atom stereocenters. The summed E-state index contributed by atoms with van der Waals surface area (Å²) in [6.45, 7) is 10.0. The molecule has 1 aromatic carbocycles. The van der Waals surface area contributed by atoms with E-state index in [2.05, 4.69) is 24.8 Å². The van der Waals surface area contributed by atoms with Crippen molar-refractivity contribution in [1.82, 2.24) is 14.1 Å². The Morgan fingerprint density at radius 1 is 1.07 bits per heavy atom. The maximum absolute atomic E-state index is 13.4. The fourth-order valence-corrected chi connectivity index (χ4v) is 4.94. The average Bonchev–Trinajstić information content (AvgIpc) is 2.95. The van der Waals surface area contributed by atoms with Crippen molar-refractivity contribution in [2.45, 2.75) is 66.0 Å². The molecule has 0 amide bonds. The summed E-state index contributed by atoms with van der Waals surface area (Å²) < 4.78 is 3.56. The zero-order valence-electron chi connectivity index (χ0n) is 17.7. The molecule has 0 bridgehead atoms. The third kappa shape index (κ3) is 3.35. The predicted octanol–water partition coefficient (Wildman–Crippen LogP) is 5.25. The molecule has 0 atom stereocenters. The number of hydrogen-bond donors (Lipinski definition) is 0. The summed E-state index contributed by atoms with van der Waals surface area (Å²) in [6, 6.07) is 8.42. The summed E-state index contributed by atoms with van der Waals surface area (Å²) in [7, 11) is 0. The molecule has 6 heteroatoms. The van der Waals surface area contributed by atoms with Crippen LogP contribution in [0.3, 0.4) is 0 Å². The Hall–Kier alpha value is -2.27. The lowest BCUT2D eigenvalue weighted by Crippen LogP contribution is -2.42. The highest BCUT2D eigenvalue weighted by Gasteiger charge is 2.29. The second kappa shape index (κ2) is 7.86. The first-order chi connectivity index (χ1) is 14.0. The zero-order chi connectivity index (χ0) is 20.7. The van der Waals surface area contributed by atoms with Gasteiger partial charge in [0.05, 0.1) is 16.4 Å². The third-order valence-electron chi connectivity index (χ3n) is 5.89. The van der Waals surface area contributed by atoms with Gasteiger partial charge in [-0.25, -0.2) is 14.3 Å². The number of benzene rings is 1. The van der Waals surface area contributed by atoms with Crippen molar-refractivity contribution >= 4 is 28.5 Å². The number of hydrogen-bond acceptors (Lipinski definition) is 3. The summed E-state index contributed by atoms with van der Waals surface area (Å²) in [5, 5.41) is 0.571. The van der Waals surface area contributed by atoms with Gasteiger partial charge in [0.15, 0.2) is 5.65 Å². The molecule has 3 aromatic rings. The lowest BCUT2D eigenvalue weighted by atomic mass is 10.0. The van der Waals surface area contributed by atoms with Crippen molar-refractivity contribution in [3.63, 3.8) is 0 Å². The molecule has 0 radical (unpaired) electrons. The first kappa shape index (κ1) is 20.0. The Morgan fingerprint density at radius 2 is 1.79 bits per heavy atom. The van der Waals surface area contributed by atoms with Crippen molar-refractivity contribution in [3.8, 4) is 5.69 Å². The largest absolute Gasteiger partial charge is 0.365 e. The van der Waals surface area contributed by atoms with Crippen LogP contribution in [0.4, 0.5) is 5.69 Å². The quantitative estimate of drug-likeness (QED) is 0.555. The van der Waals surface area contributed by atoms with Crippen LogP contribution >= 0.6 is 11.6 Å². The lowest BCUT2D eigenvalue weighted by Gasteiger charge is -2.37. The van der Waals surface area contributed by atoms with Crippen LogP contribution in [0.5, 0.6) is 0 Å². The SMILES string of the molecule is CCCC(CCC)N1CCn2c(=O)n(-c3ccc(C)cc3Cl)c3nc(C)cc1c32. The second-order valence-corrected chi connectivity index (χ2v) is 8.51. The number of imidazole rings is 1. The summed E-state index contributed by atoms with van der Waals surface area (Å²) in [4.78, 5) is 20.7. The van der Waals surface area contributed by atoms with Gasteiger partial charge in [-0.15, -0.1) is 0 Å². The molecule has 1 aliphatic heterocycles. The number of rotatable bonds is 6. The van der Waals surface area contributed by atoms with E-state index in [9.17, 15) is 4.79 Å². The Labute approximate surface area is 176 Å². The summed E-state index contributed by atoms with van der Waals surface area (Å²) in [6.07, 6.45) is 4.62. The summed E-state index contributed by atoms with van der Waals surface area (Å²) >= 11 is 6.54. The number of aryl methyl sites for hydroxylation is 2. The lowest BCUT2D eigenvalue weighted by molar-refractivity contribution is 0.480. The standard InChI is InChI=1S/C23H29ClN4O/c1-5-7-17(8-6-2)26-11-12-27-21-20(26)14-16(4)25-22(21)28(23(27)29)19-10-9-15(3)13-18(19)24/h9-10,13-14,17H,5-8,11-12H2,1-4H3. The molecule has 1 aliphatic rings. The van der Waals surface area contributed by atoms with Gasteiger partial charge in [0.2, 0.25) is 0 Å². The topological polar surface area (TPSA) is 43.1 Å². The van der Waals surface area contributed by atoms with Crippen LogP contribution in [0.2, 0.25) is 5.02 Å². The van der Waals surface area contributed by atoms with Gasteiger partial charge in [0.1, 0.15) is 5.52 Å². The van der Waals surface area contributed by atoms with Gasteiger partial charge in [0.25, 0.3) is 0 Å². The van der Waals surface area contributed by atoms with Gasteiger partial charge in [-0.3, -0.25) is 4.57 Å². The molecule has 0 N–H and O–H groups in total. The molecule has 0 saturated heterocycles. The number of halogens is 1. The monoisotopic (exact) mass is 412 g/mol. The van der Waals surface area contributed by atoms with Gasteiger partial charge in [-0.1, -0.05) is 44.4 Å². The van der Waals surface area contributed by atoms with Crippen LogP contribution in [0.15, 0.2) is 29.1 Å². The minimum absolute atomic E-state index is 0.0627. The molecule has 4 rings (SSSR count). The molecule has 0 saturated carbocycles. The fourth-order valence-electron chi connectivity index (χ4n) is 4.62. The normalized spacial score (nSPS) is 13.7. The summed E-state index contributed by atoms with van der Waals surface area (Å²) in [5.41, 5.74) is 5.38. The van der Waals surface area contributed by atoms with Crippen LogP contribution in [-0.2, 0) is 6.54 Å². The van der Waals surface area contributed by atoms with Gasteiger partial charge in [0, 0.05) is 24.8 Å². The molecular formula is C23H29ClN4O. The van der Waals surface area contributed by atoms with Gasteiger partial charge in [-0.2, -0.15) is 0 Å². The number of aromatic nitrogens is 3. The van der Waals surface area contributed by atoms with Crippen LogP contribution in [0.25, 0.3) is 16.9 Å². The molecular weight excluding hydrogens is 384 g/mol. The average molecular weight is 413 g/mol. The molecule has 3 heterocycles. The third-order valence-corrected chi connectivity index (χ3v) is 6.19. The molecule has 5 nitrogen and oxygen atoms in total. The van der Waals surface area contributed by atoms with Gasteiger partial charge >= 0.3 is 5.69 Å². The highest BCUT2D eigenvalue weighted by molar-refractivity contribution is 6.32. The smallest absolute Gasteiger partial charge is 0.335 e. The van der Waals surface area contributed by atoms with Crippen LogP contribution in [0, 0.1) is 13.8 Å². The van der Waals surface area contributed by atoms with Gasteiger partial charge < -0.3 is 4.90 Å². The second-order valence-electron chi connectivity index (χ2n) is 8.10. The highest BCUT2D eigenvalue weighted by Crippen LogP contribution is 2.34. The Balaban J connectivity index is 1.97. The molecule has 154 valence electrons. The zero-order valence-corrected chi connectivity index (χ0v) is 18.5. The van der Waals surface area contributed by atoms with Crippen molar-refractivity contribution in [1.29, 1.82) is 0 Å². The van der Waals surface area contributed by atoms with E-state index in [1.807, 2.05) is 36.6 Å². The maximum Gasteiger partial charge on any atom is 0.335 e. The first-order valence-electron chi connectivity index (χ1n) is 10.6. The van der Waals surface area contributed by atoms with Crippen molar-refractivity contribution in [2.24, 2.45) is 0 Å². The Morgan fingerprint density at radius 3 is 2.45 bits per heavy atom. The van der Waals surface area contributed by atoms with Crippen molar-refractivity contribution in [3.05, 3.63) is 51.0 Å². The number of anilines is 1. The highest BCUT2D eigenvalue weighted by atomic mass is 35.5. The molecule has 2 aromatic heterocycles. The Bertz CT molecular complexity index is 1110. The summed E-state index contributed by atoms with van der Waals surface area (Å²) in [5.74, 6) is 0. The van der Waals surface area contributed by atoms with Crippen molar-refractivity contribution in [2.75, 3.05) is 11.4 Å². The van der Waals surface area contributed by atoms with E-state index in [4.69, 9.17) is 16.6 Å². The fraction of sp³-hybridized carbons (Fsp3) is 0.478. The van der Waals surface area contributed by atoms with Crippen LogP contribution < -0.4 is 10.6 Å². The van der Waals surface area contributed by atoms with E-state index < -0.39 is 0 Å². The van der Waals surface area contributed by atoms with Crippen LogP contribution in [0.1, 0.15) is 50.8 Å². The molecule has 0 aliphatic carbocycles. The molecule has 0 spiro atoms. The van der Waals surface area contributed by atoms with E-state index >= 15 is 0 Å². The first-order valence-corrected chi connectivity index (χ1v) is 11.0. The van der Waals surface area contributed by atoms with E-state index in [0.29, 0.717) is 28.9 Å². The van der Waals surface area contributed by atoms with E-state index in [0.717, 1.165) is 54.7 Å². The minimum Gasteiger partial charge on any atom is -0.365 e. The van der Waals surface area contributed by atoms with Crippen molar-refractivity contribution < 1.29 is 0 Å². The van der Waals surface area contributed by atoms with Crippen LogP contribution in [-0.4, -0.2) is 26.7 Å².